The third-order valence-electron chi connectivity index (χ3n) is 5.38. The topological polar surface area (TPSA) is 47.4 Å². The minimum absolute atomic E-state index is 0.0413. The van der Waals surface area contributed by atoms with Crippen LogP contribution in [0.5, 0.6) is 5.75 Å². The highest BCUT2D eigenvalue weighted by atomic mass is 16.5. The number of carbonyl (C=O) groups is 1. The van der Waals surface area contributed by atoms with Gasteiger partial charge in [-0.2, -0.15) is 0 Å². The minimum atomic E-state index is 0.0413. The van der Waals surface area contributed by atoms with Crippen LogP contribution >= 0.6 is 0 Å². The van der Waals surface area contributed by atoms with Crippen molar-refractivity contribution in [2.45, 2.75) is 38.8 Å². The van der Waals surface area contributed by atoms with E-state index in [2.05, 4.69) is 16.7 Å². The van der Waals surface area contributed by atoms with Gasteiger partial charge < -0.3 is 14.2 Å². The van der Waals surface area contributed by atoms with Crippen molar-refractivity contribution in [1.29, 1.82) is 0 Å². The van der Waals surface area contributed by atoms with Crippen LogP contribution < -0.4 is 4.74 Å². The van der Waals surface area contributed by atoms with Gasteiger partial charge in [0, 0.05) is 18.5 Å². The Bertz CT molecular complexity index is 963. The fourth-order valence-electron chi connectivity index (χ4n) is 4.06. The van der Waals surface area contributed by atoms with E-state index in [0.717, 1.165) is 47.6 Å². The molecule has 2 heterocycles. The highest BCUT2D eigenvalue weighted by Gasteiger charge is 2.33. The Kier molecular flexibility index (Phi) is 4.84. The quantitative estimate of drug-likeness (QED) is 0.684. The molecule has 0 bridgehead atoms. The number of hydrogen-bond donors (Lipinski definition) is 0. The van der Waals surface area contributed by atoms with Crippen molar-refractivity contribution in [3.63, 3.8) is 0 Å². The molecule has 2 aromatic carbocycles. The first-order valence-electron chi connectivity index (χ1n) is 9.59. The van der Waals surface area contributed by atoms with Crippen LogP contribution in [0.25, 0.3) is 11.0 Å². The first-order chi connectivity index (χ1) is 13.2. The molecular formula is C22H25N3O2. The molecule has 0 radical (unpaired) electrons. The third kappa shape index (κ3) is 3.18. The molecule has 3 aromatic rings. The van der Waals surface area contributed by atoms with E-state index in [1.165, 1.54) is 0 Å². The van der Waals surface area contributed by atoms with E-state index in [1.807, 2.05) is 48.2 Å². The Hall–Kier alpha value is -2.82. The number of amides is 1. The van der Waals surface area contributed by atoms with Gasteiger partial charge in [-0.25, -0.2) is 4.98 Å². The maximum atomic E-state index is 12.5. The van der Waals surface area contributed by atoms with Gasteiger partial charge in [-0.05, 0) is 31.0 Å². The monoisotopic (exact) mass is 363 g/mol. The number of carbonyl (C=O) groups excluding carboxylic acids is 1. The number of benzene rings is 2. The summed E-state index contributed by atoms with van der Waals surface area (Å²) in [6.45, 7) is 3.41. The summed E-state index contributed by atoms with van der Waals surface area (Å²) in [5, 5.41) is 0. The lowest BCUT2D eigenvalue weighted by molar-refractivity contribution is -0.131. The smallest absolute Gasteiger partial charge is 0.222 e. The largest absolute Gasteiger partial charge is 0.496 e. The summed E-state index contributed by atoms with van der Waals surface area (Å²) in [6.07, 6.45) is 2.51. The Balaban J connectivity index is 1.81. The maximum Gasteiger partial charge on any atom is 0.222 e. The minimum Gasteiger partial charge on any atom is -0.496 e. The molecule has 0 unspecified atom stereocenters. The number of imidazole rings is 1. The van der Waals surface area contributed by atoms with E-state index >= 15 is 0 Å². The second-order valence-electron chi connectivity index (χ2n) is 6.96. The Morgan fingerprint density at radius 2 is 1.96 bits per heavy atom. The molecule has 1 fully saturated rings. The summed E-state index contributed by atoms with van der Waals surface area (Å²) in [5.74, 6) is 2.05. The first kappa shape index (κ1) is 17.6. The standard InChI is InChI=1S/C22H25N3O2/c1-3-21(26)24-14-8-12-19(24)22-23-17-10-5-6-11-18(17)25(22)15-16-9-4-7-13-20(16)27-2/h4-7,9-11,13,19H,3,8,12,14-15H2,1-2H3/t19-/m1/s1. The normalized spacial score (nSPS) is 16.8. The molecule has 1 atom stereocenters. The molecule has 5 nitrogen and oxygen atoms in total. The molecule has 4 rings (SSSR count). The number of nitrogens with zero attached hydrogens (tertiary/aromatic N) is 3. The predicted octanol–water partition coefficient (Wildman–Crippen LogP) is 4.17. The molecule has 140 valence electrons. The maximum absolute atomic E-state index is 12.5. The summed E-state index contributed by atoms with van der Waals surface area (Å²) in [5.41, 5.74) is 3.17. The zero-order valence-electron chi connectivity index (χ0n) is 15.9. The van der Waals surface area contributed by atoms with Gasteiger partial charge in [-0.15, -0.1) is 0 Å². The summed E-state index contributed by atoms with van der Waals surface area (Å²) >= 11 is 0. The van der Waals surface area contributed by atoms with Gasteiger partial charge in [0.2, 0.25) is 5.91 Å². The first-order valence-corrected chi connectivity index (χ1v) is 9.59. The lowest BCUT2D eigenvalue weighted by Crippen LogP contribution is -2.31. The van der Waals surface area contributed by atoms with Crippen LogP contribution in [0.15, 0.2) is 48.5 Å². The van der Waals surface area contributed by atoms with Crippen LogP contribution in [-0.4, -0.2) is 34.0 Å². The molecule has 0 saturated carbocycles. The second-order valence-corrected chi connectivity index (χ2v) is 6.96. The summed E-state index contributed by atoms with van der Waals surface area (Å²) < 4.78 is 7.80. The number of fused-ring (bicyclic) bond motifs is 1. The third-order valence-corrected chi connectivity index (χ3v) is 5.38. The summed E-state index contributed by atoms with van der Waals surface area (Å²) in [6, 6.07) is 16.3. The highest BCUT2D eigenvalue weighted by molar-refractivity contribution is 5.78. The predicted molar refractivity (Wildman–Crippen MR) is 106 cm³/mol. The zero-order valence-corrected chi connectivity index (χ0v) is 15.9. The lowest BCUT2D eigenvalue weighted by atomic mass is 10.1. The van der Waals surface area contributed by atoms with Crippen molar-refractivity contribution in [3.05, 3.63) is 59.9 Å². The van der Waals surface area contributed by atoms with Crippen molar-refractivity contribution in [2.75, 3.05) is 13.7 Å². The molecule has 27 heavy (non-hydrogen) atoms. The fourth-order valence-corrected chi connectivity index (χ4v) is 4.06. The SMILES string of the molecule is CCC(=O)N1CCC[C@@H]1c1nc2ccccc2n1Cc1ccccc1OC. The average Bonchev–Trinajstić information content (AvgIpc) is 3.33. The van der Waals surface area contributed by atoms with E-state index in [9.17, 15) is 4.79 Å². The van der Waals surface area contributed by atoms with Crippen molar-refractivity contribution >= 4 is 16.9 Å². The Morgan fingerprint density at radius 1 is 1.19 bits per heavy atom. The number of aromatic nitrogens is 2. The Labute approximate surface area is 159 Å². The van der Waals surface area contributed by atoms with Crippen molar-refractivity contribution in [1.82, 2.24) is 14.5 Å². The van der Waals surface area contributed by atoms with E-state index in [4.69, 9.17) is 9.72 Å². The second kappa shape index (κ2) is 7.43. The fraction of sp³-hybridized carbons (Fsp3) is 0.364. The van der Waals surface area contributed by atoms with E-state index in [0.29, 0.717) is 13.0 Å². The van der Waals surface area contributed by atoms with Crippen LogP contribution in [-0.2, 0) is 11.3 Å². The average molecular weight is 363 g/mol. The van der Waals surface area contributed by atoms with Crippen molar-refractivity contribution in [2.24, 2.45) is 0 Å². The van der Waals surface area contributed by atoms with E-state index < -0.39 is 0 Å². The number of methoxy groups -OCH3 is 1. The lowest BCUT2D eigenvalue weighted by Gasteiger charge is -2.25. The summed E-state index contributed by atoms with van der Waals surface area (Å²) in [7, 11) is 1.70. The molecule has 1 aliphatic heterocycles. The number of ether oxygens (including phenoxy) is 1. The molecule has 0 aliphatic carbocycles. The molecule has 1 aromatic heterocycles. The highest BCUT2D eigenvalue weighted by Crippen LogP contribution is 2.34. The van der Waals surface area contributed by atoms with Crippen molar-refractivity contribution < 1.29 is 9.53 Å². The molecule has 0 N–H and O–H groups in total. The van der Waals surface area contributed by atoms with Crippen LogP contribution in [0.4, 0.5) is 0 Å². The molecule has 1 saturated heterocycles. The number of rotatable bonds is 5. The molecule has 1 amide bonds. The molecule has 1 aliphatic rings. The molecule has 5 heteroatoms. The number of hydrogen-bond acceptors (Lipinski definition) is 3. The van der Waals surface area contributed by atoms with Gasteiger partial charge in [-0.1, -0.05) is 37.3 Å². The van der Waals surface area contributed by atoms with Gasteiger partial charge in [0.15, 0.2) is 0 Å². The van der Waals surface area contributed by atoms with Gasteiger partial charge in [0.1, 0.15) is 11.6 Å². The van der Waals surface area contributed by atoms with Crippen LogP contribution in [0.1, 0.15) is 43.6 Å². The van der Waals surface area contributed by atoms with Crippen LogP contribution in [0.3, 0.4) is 0 Å². The van der Waals surface area contributed by atoms with Gasteiger partial charge in [-0.3, -0.25) is 4.79 Å². The van der Waals surface area contributed by atoms with Crippen LogP contribution in [0, 0.1) is 0 Å². The van der Waals surface area contributed by atoms with E-state index in [1.54, 1.807) is 7.11 Å². The van der Waals surface area contributed by atoms with Gasteiger partial charge in [0.05, 0.1) is 30.7 Å². The Morgan fingerprint density at radius 3 is 2.78 bits per heavy atom. The number of likely N-dealkylation sites (tertiary alicyclic amines) is 1. The zero-order chi connectivity index (χ0) is 18.8. The van der Waals surface area contributed by atoms with Crippen LogP contribution in [0.2, 0.25) is 0 Å². The summed E-state index contributed by atoms with van der Waals surface area (Å²) in [4.78, 5) is 19.4. The molecular weight excluding hydrogens is 338 g/mol. The molecule has 0 spiro atoms. The van der Waals surface area contributed by atoms with E-state index in [-0.39, 0.29) is 11.9 Å². The van der Waals surface area contributed by atoms with Gasteiger partial charge >= 0.3 is 0 Å². The van der Waals surface area contributed by atoms with Crippen molar-refractivity contribution in [3.8, 4) is 5.75 Å². The van der Waals surface area contributed by atoms with Gasteiger partial charge in [0.25, 0.3) is 0 Å². The number of para-hydroxylation sites is 3.